The first kappa shape index (κ1) is 15.0. The summed E-state index contributed by atoms with van der Waals surface area (Å²) in [6.45, 7) is 11.2. The summed E-state index contributed by atoms with van der Waals surface area (Å²) in [5, 5.41) is 3.63. The molecule has 0 radical (unpaired) electrons. The molecule has 1 N–H and O–H groups in total. The maximum atomic E-state index is 5.94. The first-order valence-electron chi connectivity index (χ1n) is 7.48. The van der Waals surface area contributed by atoms with Gasteiger partial charge in [0, 0.05) is 12.6 Å². The van der Waals surface area contributed by atoms with Crippen molar-refractivity contribution >= 4 is 0 Å². The lowest BCUT2D eigenvalue weighted by Gasteiger charge is -2.33. The molecule has 1 fully saturated rings. The van der Waals surface area contributed by atoms with Crippen molar-refractivity contribution < 1.29 is 4.74 Å². The molecule has 2 heteroatoms. The highest BCUT2D eigenvalue weighted by Crippen LogP contribution is 2.23. The van der Waals surface area contributed by atoms with Crippen molar-refractivity contribution in [3.63, 3.8) is 0 Å². The fraction of sp³-hybridized carbons (Fsp3) is 1.00. The van der Waals surface area contributed by atoms with Gasteiger partial charge in [-0.2, -0.15) is 0 Å². The summed E-state index contributed by atoms with van der Waals surface area (Å²) < 4.78 is 5.94. The van der Waals surface area contributed by atoms with E-state index in [1.54, 1.807) is 0 Å². The molecule has 0 aromatic rings. The Labute approximate surface area is 108 Å². The van der Waals surface area contributed by atoms with Gasteiger partial charge in [-0.3, -0.25) is 0 Å². The minimum absolute atomic E-state index is 0.457. The van der Waals surface area contributed by atoms with Crippen molar-refractivity contribution in [3.8, 4) is 0 Å². The Hall–Kier alpha value is -0.0800. The SMILES string of the molecule is CCNC(CC(C)CC(C)C)C1CCCCO1. The molecule has 102 valence electrons. The van der Waals surface area contributed by atoms with Gasteiger partial charge in [-0.15, -0.1) is 0 Å². The Bertz CT molecular complexity index is 187. The minimum Gasteiger partial charge on any atom is -0.377 e. The molecule has 0 amide bonds. The van der Waals surface area contributed by atoms with Crippen LogP contribution in [0.5, 0.6) is 0 Å². The lowest BCUT2D eigenvalue weighted by Crippen LogP contribution is -2.44. The average molecular weight is 241 g/mol. The zero-order valence-corrected chi connectivity index (χ0v) is 12.2. The quantitative estimate of drug-likeness (QED) is 0.735. The van der Waals surface area contributed by atoms with E-state index in [4.69, 9.17) is 4.74 Å². The van der Waals surface area contributed by atoms with Crippen molar-refractivity contribution in [1.82, 2.24) is 5.32 Å². The van der Waals surface area contributed by atoms with Gasteiger partial charge >= 0.3 is 0 Å². The molecule has 1 rings (SSSR count). The van der Waals surface area contributed by atoms with Crippen LogP contribution in [0.2, 0.25) is 0 Å². The molecule has 1 saturated heterocycles. The van der Waals surface area contributed by atoms with Crippen LogP contribution in [0.15, 0.2) is 0 Å². The number of hydrogen-bond acceptors (Lipinski definition) is 2. The second kappa shape index (κ2) is 8.10. The minimum atomic E-state index is 0.457. The van der Waals surface area contributed by atoms with Crippen LogP contribution in [0, 0.1) is 11.8 Å². The second-order valence-electron chi connectivity index (χ2n) is 6.04. The van der Waals surface area contributed by atoms with Gasteiger partial charge in [-0.05, 0) is 50.5 Å². The Balaban J connectivity index is 2.40. The molecule has 3 atom stereocenters. The largest absolute Gasteiger partial charge is 0.377 e. The van der Waals surface area contributed by atoms with Crippen LogP contribution in [-0.2, 0) is 4.74 Å². The second-order valence-corrected chi connectivity index (χ2v) is 6.04. The average Bonchev–Trinajstić information content (AvgIpc) is 2.28. The van der Waals surface area contributed by atoms with Crippen LogP contribution >= 0.6 is 0 Å². The number of rotatable bonds is 7. The van der Waals surface area contributed by atoms with E-state index in [1.807, 2.05) is 0 Å². The molecule has 0 aromatic heterocycles. The summed E-state index contributed by atoms with van der Waals surface area (Å²) in [5.41, 5.74) is 0. The van der Waals surface area contributed by atoms with E-state index >= 15 is 0 Å². The lowest BCUT2D eigenvalue weighted by atomic mass is 9.89. The van der Waals surface area contributed by atoms with E-state index in [2.05, 4.69) is 33.0 Å². The van der Waals surface area contributed by atoms with Gasteiger partial charge in [0.05, 0.1) is 6.10 Å². The van der Waals surface area contributed by atoms with E-state index < -0.39 is 0 Å². The molecule has 0 aromatic carbocycles. The molecular weight excluding hydrogens is 210 g/mol. The Morgan fingerprint density at radius 1 is 1.18 bits per heavy atom. The first-order valence-corrected chi connectivity index (χ1v) is 7.48. The van der Waals surface area contributed by atoms with Crippen molar-refractivity contribution in [1.29, 1.82) is 0 Å². The van der Waals surface area contributed by atoms with E-state index in [1.165, 1.54) is 32.1 Å². The van der Waals surface area contributed by atoms with Gasteiger partial charge in [-0.1, -0.05) is 27.7 Å². The van der Waals surface area contributed by atoms with Gasteiger partial charge in [0.15, 0.2) is 0 Å². The van der Waals surface area contributed by atoms with Gasteiger partial charge < -0.3 is 10.1 Å². The fourth-order valence-electron chi connectivity index (χ4n) is 3.05. The molecular formula is C15H31NO. The molecule has 0 aliphatic carbocycles. The third kappa shape index (κ3) is 5.87. The molecule has 1 aliphatic rings. The van der Waals surface area contributed by atoms with Crippen LogP contribution in [-0.4, -0.2) is 25.3 Å². The van der Waals surface area contributed by atoms with Crippen molar-refractivity contribution in [3.05, 3.63) is 0 Å². The molecule has 1 heterocycles. The predicted molar refractivity (Wildman–Crippen MR) is 74.3 cm³/mol. The van der Waals surface area contributed by atoms with Crippen molar-refractivity contribution in [2.75, 3.05) is 13.2 Å². The lowest BCUT2D eigenvalue weighted by molar-refractivity contribution is -0.0123. The normalized spacial score (nSPS) is 24.9. The maximum absolute atomic E-state index is 5.94. The highest BCUT2D eigenvalue weighted by molar-refractivity contribution is 4.81. The summed E-state index contributed by atoms with van der Waals surface area (Å²) in [6, 6.07) is 0.564. The number of likely N-dealkylation sites (N-methyl/N-ethyl adjacent to an activating group) is 1. The standard InChI is InChI=1S/C15H31NO/c1-5-16-14(11-13(4)10-12(2)3)15-8-6-7-9-17-15/h12-16H,5-11H2,1-4H3. The Morgan fingerprint density at radius 3 is 2.47 bits per heavy atom. The smallest absolute Gasteiger partial charge is 0.0728 e. The fourth-order valence-corrected chi connectivity index (χ4v) is 3.05. The van der Waals surface area contributed by atoms with Crippen molar-refractivity contribution in [2.24, 2.45) is 11.8 Å². The molecule has 0 bridgehead atoms. The Morgan fingerprint density at radius 2 is 1.94 bits per heavy atom. The van der Waals surface area contributed by atoms with Crippen LogP contribution in [0.4, 0.5) is 0 Å². The van der Waals surface area contributed by atoms with E-state index in [-0.39, 0.29) is 0 Å². The number of hydrogen-bond donors (Lipinski definition) is 1. The molecule has 1 aliphatic heterocycles. The third-order valence-corrected chi connectivity index (χ3v) is 3.66. The van der Waals surface area contributed by atoms with Gasteiger partial charge in [-0.25, -0.2) is 0 Å². The molecule has 3 unspecified atom stereocenters. The predicted octanol–water partition coefficient (Wildman–Crippen LogP) is 3.61. The van der Waals surface area contributed by atoms with Crippen LogP contribution in [0.25, 0.3) is 0 Å². The zero-order chi connectivity index (χ0) is 12.7. The Kier molecular flexibility index (Phi) is 7.14. The third-order valence-electron chi connectivity index (χ3n) is 3.66. The number of ether oxygens (including phenoxy) is 1. The van der Waals surface area contributed by atoms with E-state index in [9.17, 15) is 0 Å². The van der Waals surface area contributed by atoms with Crippen molar-refractivity contribution in [2.45, 2.75) is 71.9 Å². The van der Waals surface area contributed by atoms with E-state index in [0.717, 1.165) is 25.0 Å². The highest BCUT2D eigenvalue weighted by atomic mass is 16.5. The summed E-state index contributed by atoms with van der Waals surface area (Å²) >= 11 is 0. The van der Waals surface area contributed by atoms with Crippen LogP contribution in [0.1, 0.15) is 59.8 Å². The molecule has 0 spiro atoms. The molecule has 0 saturated carbocycles. The van der Waals surface area contributed by atoms with Crippen LogP contribution < -0.4 is 5.32 Å². The maximum Gasteiger partial charge on any atom is 0.0728 e. The summed E-state index contributed by atoms with van der Waals surface area (Å²) in [5.74, 6) is 1.60. The topological polar surface area (TPSA) is 21.3 Å². The monoisotopic (exact) mass is 241 g/mol. The van der Waals surface area contributed by atoms with Crippen LogP contribution in [0.3, 0.4) is 0 Å². The molecule has 2 nitrogen and oxygen atoms in total. The summed E-state index contributed by atoms with van der Waals surface area (Å²) in [6.07, 6.45) is 6.87. The van der Waals surface area contributed by atoms with E-state index in [0.29, 0.717) is 12.1 Å². The molecule has 17 heavy (non-hydrogen) atoms. The van der Waals surface area contributed by atoms with Gasteiger partial charge in [0.1, 0.15) is 0 Å². The zero-order valence-electron chi connectivity index (χ0n) is 12.2. The summed E-state index contributed by atoms with van der Waals surface area (Å²) in [7, 11) is 0. The van der Waals surface area contributed by atoms with Gasteiger partial charge in [0.25, 0.3) is 0 Å². The highest BCUT2D eigenvalue weighted by Gasteiger charge is 2.25. The number of nitrogens with one attached hydrogen (secondary N) is 1. The summed E-state index contributed by atoms with van der Waals surface area (Å²) in [4.78, 5) is 0. The van der Waals surface area contributed by atoms with Gasteiger partial charge in [0.2, 0.25) is 0 Å². The first-order chi connectivity index (χ1) is 8.13.